The van der Waals surface area contributed by atoms with Crippen molar-refractivity contribution in [2.45, 2.75) is 6.92 Å². The molecule has 2 aromatic carbocycles. The maximum Gasteiger partial charge on any atom is 0.254 e. The van der Waals surface area contributed by atoms with E-state index < -0.39 is 0 Å². The van der Waals surface area contributed by atoms with Crippen molar-refractivity contribution in [3.05, 3.63) is 58.2 Å². The molecule has 30 heavy (non-hydrogen) atoms. The Morgan fingerprint density at radius 1 is 1.07 bits per heavy atom. The van der Waals surface area contributed by atoms with Crippen LogP contribution in [0.25, 0.3) is 0 Å². The highest BCUT2D eigenvalue weighted by atomic mass is 79.9. The lowest BCUT2D eigenvalue weighted by molar-refractivity contribution is 0.0960. The highest BCUT2D eigenvalue weighted by molar-refractivity contribution is 9.10. The van der Waals surface area contributed by atoms with Crippen LogP contribution in [-0.2, 0) is 0 Å². The van der Waals surface area contributed by atoms with Gasteiger partial charge in [0.25, 0.3) is 5.91 Å². The van der Waals surface area contributed by atoms with Crippen molar-refractivity contribution < 1.29 is 19.0 Å². The summed E-state index contributed by atoms with van der Waals surface area (Å²) in [5, 5.41) is 5.71. The van der Waals surface area contributed by atoms with Crippen LogP contribution in [0.4, 0.5) is 11.6 Å². The molecule has 3 rings (SSSR count). The van der Waals surface area contributed by atoms with Crippen molar-refractivity contribution in [2.75, 3.05) is 26.6 Å². The van der Waals surface area contributed by atoms with E-state index in [2.05, 4.69) is 36.5 Å². The molecule has 156 valence electrons. The molecule has 0 bridgehead atoms. The molecule has 0 aliphatic rings. The summed E-state index contributed by atoms with van der Waals surface area (Å²) in [5.41, 5.74) is 1.97. The van der Waals surface area contributed by atoms with Gasteiger partial charge >= 0.3 is 0 Å². The summed E-state index contributed by atoms with van der Waals surface area (Å²) in [5.74, 6) is 2.03. The number of rotatable bonds is 7. The third kappa shape index (κ3) is 4.62. The molecule has 0 atom stereocenters. The number of halogens is 1. The molecule has 0 spiro atoms. The Bertz CT molecular complexity index is 1050. The lowest BCUT2D eigenvalue weighted by atomic mass is 10.2. The molecular formula is C21H21BrN4O4. The van der Waals surface area contributed by atoms with E-state index in [1.165, 1.54) is 0 Å². The molecule has 0 radical (unpaired) electrons. The number of hydrogen-bond donors (Lipinski definition) is 2. The van der Waals surface area contributed by atoms with E-state index in [-0.39, 0.29) is 11.8 Å². The third-order valence-corrected chi connectivity index (χ3v) is 4.83. The quantitative estimate of drug-likeness (QED) is 0.523. The van der Waals surface area contributed by atoms with E-state index in [0.717, 1.165) is 5.56 Å². The fourth-order valence-corrected chi connectivity index (χ4v) is 3.02. The molecule has 0 fully saturated rings. The fourth-order valence-electron chi connectivity index (χ4n) is 2.75. The average molecular weight is 473 g/mol. The second-order valence-electron chi connectivity index (χ2n) is 6.15. The molecule has 8 nitrogen and oxygen atoms in total. The maximum atomic E-state index is 12.1. The molecule has 0 aliphatic heterocycles. The first-order valence-electron chi connectivity index (χ1n) is 8.98. The maximum absolute atomic E-state index is 12.1. The smallest absolute Gasteiger partial charge is 0.254 e. The normalized spacial score (nSPS) is 10.3. The summed E-state index contributed by atoms with van der Waals surface area (Å²) >= 11 is 3.39. The van der Waals surface area contributed by atoms with Crippen LogP contribution in [0.15, 0.2) is 47.1 Å². The summed E-state index contributed by atoms with van der Waals surface area (Å²) in [7, 11) is 4.75. The zero-order chi connectivity index (χ0) is 21.7. The minimum Gasteiger partial charge on any atom is -0.496 e. The van der Waals surface area contributed by atoms with Gasteiger partial charge in [-0.3, -0.25) is 4.79 Å². The molecule has 1 amide bonds. The summed E-state index contributed by atoms with van der Waals surface area (Å²) in [6, 6.07) is 10.6. The van der Waals surface area contributed by atoms with E-state index in [9.17, 15) is 4.79 Å². The number of benzene rings is 2. The first-order valence-corrected chi connectivity index (χ1v) is 9.77. The van der Waals surface area contributed by atoms with Crippen LogP contribution in [0.5, 0.6) is 23.1 Å². The number of amides is 1. The first-order chi connectivity index (χ1) is 14.5. The largest absolute Gasteiger partial charge is 0.496 e. The van der Waals surface area contributed by atoms with Crippen molar-refractivity contribution in [1.82, 2.24) is 15.3 Å². The fraction of sp³-hybridized carbons (Fsp3) is 0.190. The number of carbonyl (C=O) groups is 1. The summed E-state index contributed by atoms with van der Waals surface area (Å²) in [6.45, 7) is 1.91. The topological polar surface area (TPSA) is 94.6 Å². The number of anilines is 2. The van der Waals surface area contributed by atoms with Gasteiger partial charge in [0, 0.05) is 30.4 Å². The van der Waals surface area contributed by atoms with Crippen LogP contribution < -0.4 is 24.8 Å². The minimum atomic E-state index is -0.257. The number of para-hydroxylation sites is 1. The van der Waals surface area contributed by atoms with Crippen LogP contribution >= 0.6 is 15.9 Å². The van der Waals surface area contributed by atoms with Gasteiger partial charge in [-0.1, -0.05) is 12.1 Å². The van der Waals surface area contributed by atoms with Gasteiger partial charge in [-0.25, -0.2) is 4.98 Å². The number of methoxy groups -OCH3 is 2. The molecule has 9 heteroatoms. The van der Waals surface area contributed by atoms with Gasteiger partial charge in [0.2, 0.25) is 11.8 Å². The van der Waals surface area contributed by atoms with Crippen molar-refractivity contribution in [1.29, 1.82) is 0 Å². The molecular weight excluding hydrogens is 452 g/mol. The number of carbonyl (C=O) groups excluding carboxylic acids is 1. The van der Waals surface area contributed by atoms with Gasteiger partial charge in [0.1, 0.15) is 17.2 Å². The Hall–Kier alpha value is -3.33. The molecule has 0 saturated heterocycles. The SMILES string of the molecule is CNC(=O)c1ccccc1Oc1nc(Nc2cc(OC)c(C)c(OC)c2)ncc1Br. The number of hydrogen-bond acceptors (Lipinski definition) is 7. The zero-order valence-electron chi connectivity index (χ0n) is 16.9. The number of nitrogens with one attached hydrogen (secondary N) is 2. The van der Waals surface area contributed by atoms with Crippen molar-refractivity contribution in [2.24, 2.45) is 0 Å². The van der Waals surface area contributed by atoms with Gasteiger partial charge in [0.05, 0.1) is 30.5 Å². The highest BCUT2D eigenvalue weighted by Gasteiger charge is 2.15. The van der Waals surface area contributed by atoms with Crippen LogP contribution in [-0.4, -0.2) is 37.1 Å². The predicted molar refractivity (Wildman–Crippen MR) is 117 cm³/mol. The van der Waals surface area contributed by atoms with E-state index in [4.69, 9.17) is 14.2 Å². The lowest BCUT2D eigenvalue weighted by Gasteiger charge is -2.14. The number of nitrogens with zero attached hydrogens (tertiary/aromatic N) is 2. The monoisotopic (exact) mass is 472 g/mol. The molecule has 1 heterocycles. The first kappa shape index (κ1) is 21.4. The molecule has 0 saturated carbocycles. The Balaban J connectivity index is 1.91. The van der Waals surface area contributed by atoms with Gasteiger partial charge in [-0.2, -0.15) is 4.98 Å². The molecule has 0 unspecified atom stereocenters. The van der Waals surface area contributed by atoms with Crippen LogP contribution in [0.3, 0.4) is 0 Å². The van der Waals surface area contributed by atoms with E-state index in [1.54, 1.807) is 51.7 Å². The van der Waals surface area contributed by atoms with E-state index >= 15 is 0 Å². The van der Waals surface area contributed by atoms with E-state index in [0.29, 0.717) is 38.9 Å². The second kappa shape index (κ2) is 9.45. The average Bonchev–Trinajstić information content (AvgIpc) is 2.76. The number of aromatic nitrogens is 2. The van der Waals surface area contributed by atoms with Gasteiger partial charge in [0.15, 0.2) is 0 Å². The summed E-state index contributed by atoms with van der Waals surface area (Å²) in [4.78, 5) is 20.8. The Labute approximate surface area is 182 Å². The molecule has 2 N–H and O–H groups in total. The standard InChI is InChI=1S/C21H21BrN4O4/c1-12-17(28-3)9-13(10-18(12)29-4)25-21-24-11-15(22)20(26-21)30-16-8-6-5-7-14(16)19(27)23-2/h5-11H,1-4H3,(H,23,27)(H,24,25,26). The van der Waals surface area contributed by atoms with Crippen LogP contribution in [0, 0.1) is 6.92 Å². The van der Waals surface area contributed by atoms with Crippen molar-refractivity contribution in [3.8, 4) is 23.1 Å². The highest BCUT2D eigenvalue weighted by Crippen LogP contribution is 2.34. The van der Waals surface area contributed by atoms with E-state index in [1.807, 2.05) is 19.1 Å². The van der Waals surface area contributed by atoms with Crippen molar-refractivity contribution >= 4 is 33.5 Å². The van der Waals surface area contributed by atoms with Gasteiger partial charge in [-0.05, 0) is 35.0 Å². The summed E-state index contributed by atoms with van der Waals surface area (Å²) in [6.07, 6.45) is 1.57. The summed E-state index contributed by atoms with van der Waals surface area (Å²) < 4.78 is 17.2. The molecule has 3 aromatic rings. The van der Waals surface area contributed by atoms with Crippen molar-refractivity contribution in [3.63, 3.8) is 0 Å². The van der Waals surface area contributed by atoms with Gasteiger partial charge in [-0.15, -0.1) is 0 Å². The lowest BCUT2D eigenvalue weighted by Crippen LogP contribution is -2.18. The van der Waals surface area contributed by atoms with Crippen LogP contribution in [0.2, 0.25) is 0 Å². The predicted octanol–water partition coefficient (Wildman–Crippen LogP) is 4.46. The Morgan fingerprint density at radius 3 is 2.37 bits per heavy atom. The molecule has 0 aliphatic carbocycles. The Kier molecular flexibility index (Phi) is 6.73. The third-order valence-electron chi connectivity index (χ3n) is 4.29. The minimum absolute atomic E-state index is 0.257. The second-order valence-corrected chi connectivity index (χ2v) is 7.01. The van der Waals surface area contributed by atoms with Gasteiger partial charge < -0.3 is 24.8 Å². The number of ether oxygens (including phenoxy) is 3. The van der Waals surface area contributed by atoms with Crippen LogP contribution in [0.1, 0.15) is 15.9 Å². The Morgan fingerprint density at radius 2 is 1.73 bits per heavy atom. The molecule has 1 aromatic heterocycles. The zero-order valence-corrected chi connectivity index (χ0v) is 18.5.